The van der Waals surface area contributed by atoms with E-state index in [1.165, 1.54) is 12.1 Å². The fourth-order valence-corrected chi connectivity index (χ4v) is 4.42. The molecule has 1 N–H and O–H groups in total. The smallest absolute Gasteiger partial charge is 0.255 e. The Hall–Kier alpha value is -3.51. The van der Waals surface area contributed by atoms with Gasteiger partial charge in [-0.2, -0.15) is 0 Å². The van der Waals surface area contributed by atoms with Crippen LogP contribution in [0.15, 0.2) is 78.9 Å². The van der Waals surface area contributed by atoms with Crippen molar-refractivity contribution in [3.8, 4) is 5.75 Å². The number of nitrogens with one attached hydrogen (secondary N) is 1. The van der Waals surface area contributed by atoms with E-state index in [1.807, 2.05) is 42.5 Å². The molecule has 1 atom stereocenters. The monoisotopic (exact) mass is 474 g/mol. The van der Waals surface area contributed by atoms with E-state index in [-0.39, 0.29) is 17.5 Å². The average Bonchev–Trinajstić information content (AvgIpc) is 2.89. The van der Waals surface area contributed by atoms with Crippen LogP contribution in [0.3, 0.4) is 0 Å². The first-order valence-electron chi connectivity index (χ1n) is 12.2. The van der Waals surface area contributed by atoms with Gasteiger partial charge in [-0.15, -0.1) is 0 Å². The molecule has 6 heteroatoms. The number of amides is 1. The third-order valence-corrected chi connectivity index (χ3v) is 6.29. The van der Waals surface area contributed by atoms with Crippen molar-refractivity contribution >= 4 is 17.4 Å². The number of hydrogen-bond acceptors (Lipinski definition) is 4. The number of rotatable bonds is 10. The van der Waals surface area contributed by atoms with Gasteiger partial charge in [-0.25, -0.2) is 4.39 Å². The molecular weight excluding hydrogens is 443 g/mol. The van der Waals surface area contributed by atoms with Crippen molar-refractivity contribution in [2.75, 3.05) is 31.6 Å². The zero-order valence-electron chi connectivity index (χ0n) is 19.8. The number of piperidine rings is 1. The maximum atomic E-state index is 13.1. The quantitative estimate of drug-likeness (QED) is 0.376. The number of halogens is 1. The van der Waals surface area contributed by atoms with Crippen LogP contribution in [0.1, 0.15) is 46.4 Å². The van der Waals surface area contributed by atoms with Crippen LogP contribution in [-0.4, -0.2) is 42.8 Å². The van der Waals surface area contributed by atoms with Gasteiger partial charge in [-0.3, -0.25) is 9.59 Å². The predicted molar refractivity (Wildman–Crippen MR) is 135 cm³/mol. The van der Waals surface area contributed by atoms with E-state index in [0.717, 1.165) is 38.9 Å². The first-order valence-corrected chi connectivity index (χ1v) is 12.2. The molecule has 0 spiro atoms. The van der Waals surface area contributed by atoms with Crippen LogP contribution < -0.4 is 10.1 Å². The van der Waals surface area contributed by atoms with Crippen LogP contribution in [0.2, 0.25) is 0 Å². The lowest BCUT2D eigenvalue weighted by molar-refractivity contribution is 0.0960. The Bertz CT molecular complexity index is 1120. The van der Waals surface area contributed by atoms with Gasteiger partial charge in [0, 0.05) is 30.0 Å². The second-order valence-electron chi connectivity index (χ2n) is 8.97. The summed E-state index contributed by atoms with van der Waals surface area (Å²) in [4.78, 5) is 27.3. The van der Waals surface area contributed by atoms with Gasteiger partial charge < -0.3 is 15.0 Å². The summed E-state index contributed by atoms with van der Waals surface area (Å²) < 4.78 is 19.2. The Labute approximate surface area is 205 Å². The lowest BCUT2D eigenvalue weighted by Crippen LogP contribution is -2.38. The highest BCUT2D eigenvalue weighted by atomic mass is 19.1. The predicted octanol–water partition coefficient (Wildman–Crippen LogP) is 5.83. The number of ether oxygens (including phenoxy) is 1. The summed E-state index contributed by atoms with van der Waals surface area (Å²) in [7, 11) is 0. The Morgan fingerprint density at radius 1 is 0.943 bits per heavy atom. The maximum absolute atomic E-state index is 13.1. The third kappa shape index (κ3) is 7.23. The Morgan fingerprint density at radius 3 is 2.49 bits per heavy atom. The molecular formula is C29H31FN2O3. The molecule has 0 bridgehead atoms. The molecule has 1 heterocycles. The second-order valence-corrected chi connectivity index (χ2v) is 8.97. The lowest BCUT2D eigenvalue weighted by atomic mass is 9.98. The number of Topliss-reactive ketones (excluding diaryl/α,β-unsaturated/α-hetero) is 1. The molecule has 0 radical (unpaired) electrons. The molecule has 0 saturated carbocycles. The lowest BCUT2D eigenvalue weighted by Gasteiger charge is -2.32. The zero-order valence-corrected chi connectivity index (χ0v) is 19.8. The summed E-state index contributed by atoms with van der Waals surface area (Å²) in [6.07, 6.45) is 3.41. The summed E-state index contributed by atoms with van der Waals surface area (Å²) in [6.45, 7) is 3.37. The highest BCUT2D eigenvalue weighted by Gasteiger charge is 2.21. The van der Waals surface area contributed by atoms with E-state index >= 15 is 0 Å². The number of hydrogen-bond donors (Lipinski definition) is 1. The van der Waals surface area contributed by atoms with Crippen molar-refractivity contribution in [3.63, 3.8) is 0 Å². The summed E-state index contributed by atoms with van der Waals surface area (Å²) in [5.74, 6) is 0.606. The minimum absolute atomic E-state index is 0.0519. The van der Waals surface area contributed by atoms with Gasteiger partial charge in [0.2, 0.25) is 0 Å². The van der Waals surface area contributed by atoms with E-state index in [0.29, 0.717) is 41.5 Å². The molecule has 5 nitrogen and oxygen atoms in total. The van der Waals surface area contributed by atoms with Crippen LogP contribution >= 0.6 is 0 Å². The summed E-state index contributed by atoms with van der Waals surface area (Å²) in [6, 6.07) is 22.4. The van der Waals surface area contributed by atoms with Crippen molar-refractivity contribution in [3.05, 3.63) is 95.8 Å². The largest absolute Gasteiger partial charge is 0.491 e. The van der Waals surface area contributed by atoms with Gasteiger partial charge >= 0.3 is 0 Å². The van der Waals surface area contributed by atoms with Crippen molar-refractivity contribution in [2.24, 2.45) is 5.92 Å². The van der Waals surface area contributed by atoms with Gasteiger partial charge in [0.1, 0.15) is 11.6 Å². The average molecular weight is 475 g/mol. The van der Waals surface area contributed by atoms with Gasteiger partial charge in [0.05, 0.1) is 12.3 Å². The van der Waals surface area contributed by atoms with Crippen molar-refractivity contribution in [2.45, 2.75) is 25.7 Å². The number of nitrogens with zero attached hydrogens (tertiary/aromatic N) is 1. The molecule has 1 aliphatic rings. The summed E-state index contributed by atoms with van der Waals surface area (Å²) in [5.41, 5.74) is 1.82. The van der Waals surface area contributed by atoms with Gasteiger partial charge in [-0.05, 0) is 80.9 Å². The molecule has 1 aliphatic heterocycles. The fraction of sp³-hybridized carbons (Fsp3) is 0.310. The van der Waals surface area contributed by atoms with Crippen LogP contribution in [0.4, 0.5) is 10.1 Å². The number of likely N-dealkylation sites (tertiary alicyclic amines) is 1. The van der Waals surface area contributed by atoms with Crippen LogP contribution in [0.5, 0.6) is 5.75 Å². The highest BCUT2D eigenvalue weighted by molar-refractivity contribution is 6.05. The van der Waals surface area contributed by atoms with E-state index in [2.05, 4.69) is 10.2 Å². The van der Waals surface area contributed by atoms with Crippen LogP contribution in [-0.2, 0) is 0 Å². The highest BCUT2D eigenvalue weighted by Crippen LogP contribution is 2.26. The molecule has 182 valence electrons. The van der Waals surface area contributed by atoms with E-state index in [9.17, 15) is 14.0 Å². The van der Waals surface area contributed by atoms with Crippen molar-refractivity contribution in [1.29, 1.82) is 0 Å². The van der Waals surface area contributed by atoms with E-state index < -0.39 is 0 Å². The standard InChI is InChI=1S/C29H31FN2O3/c30-25-16-14-23(15-17-25)27(33)12-7-19-32-18-6-8-22(20-32)21-35-28-13-5-4-11-26(28)31-29(34)24-9-2-1-3-10-24/h1-5,9-11,13-17,22H,6-8,12,18-21H2,(H,31,34). The summed E-state index contributed by atoms with van der Waals surface area (Å²) in [5, 5.41) is 2.95. The SMILES string of the molecule is O=C(CCCN1CCCC(COc2ccccc2NC(=O)c2ccccc2)C1)c1ccc(F)cc1. The third-order valence-electron chi connectivity index (χ3n) is 6.29. The molecule has 1 fully saturated rings. The number of para-hydroxylation sites is 2. The van der Waals surface area contributed by atoms with E-state index in [1.54, 1.807) is 24.3 Å². The van der Waals surface area contributed by atoms with Crippen molar-refractivity contribution < 1.29 is 18.7 Å². The summed E-state index contributed by atoms with van der Waals surface area (Å²) >= 11 is 0. The van der Waals surface area contributed by atoms with Gasteiger partial charge in [-0.1, -0.05) is 30.3 Å². The number of carbonyl (C=O) groups is 2. The normalized spacial score (nSPS) is 16.0. The molecule has 1 unspecified atom stereocenters. The first kappa shape index (κ1) is 24.6. The Morgan fingerprint density at radius 2 is 1.69 bits per heavy atom. The van der Waals surface area contributed by atoms with Gasteiger partial charge in [0.15, 0.2) is 5.78 Å². The molecule has 4 rings (SSSR count). The second kappa shape index (κ2) is 12.3. The topological polar surface area (TPSA) is 58.6 Å². The first-order chi connectivity index (χ1) is 17.1. The minimum atomic E-state index is -0.329. The van der Waals surface area contributed by atoms with E-state index in [4.69, 9.17) is 4.74 Å². The number of carbonyl (C=O) groups excluding carboxylic acids is 2. The minimum Gasteiger partial charge on any atom is -0.491 e. The van der Waals surface area contributed by atoms with Crippen molar-refractivity contribution in [1.82, 2.24) is 4.90 Å². The zero-order chi connectivity index (χ0) is 24.5. The van der Waals surface area contributed by atoms with Gasteiger partial charge in [0.25, 0.3) is 5.91 Å². The molecule has 3 aromatic carbocycles. The van der Waals surface area contributed by atoms with Crippen LogP contribution in [0, 0.1) is 11.7 Å². The number of benzene rings is 3. The fourth-order valence-electron chi connectivity index (χ4n) is 4.42. The Balaban J connectivity index is 1.24. The number of ketones is 1. The Kier molecular flexibility index (Phi) is 8.63. The molecule has 1 amide bonds. The molecule has 1 saturated heterocycles. The molecule has 35 heavy (non-hydrogen) atoms. The van der Waals surface area contributed by atoms with Crippen LogP contribution in [0.25, 0.3) is 0 Å². The molecule has 3 aromatic rings. The number of anilines is 1. The molecule has 0 aliphatic carbocycles. The molecule has 0 aromatic heterocycles. The maximum Gasteiger partial charge on any atom is 0.255 e.